The summed E-state index contributed by atoms with van der Waals surface area (Å²) in [5.41, 5.74) is 0. The van der Waals surface area contributed by atoms with Crippen molar-refractivity contribution in [3.63, 3.8) is 0 Å². The Hall–Kier alpha value is -0.720. The van der Waals surface area contributed by atoms with Crippen molar-refractivity contribution in [3.8, 4) is 0 Å². The molecule has 3 fully saturated rings. The maximum absolute atomic E-state index is 9.65. The zero-order valence-electron chi connectivity index (χ0n) is 10.5. The first kappa shape index (κ1) is 18.3. The van der Waals surface area contributed by atoms with Crippen LogP contribution in [0.3, 0.4) is 0 Å². The molecule has 0 aliphatic heterocycles. The van der Waals surface area contributed by atoms with Crippen molar-refractivity contribution < 1.29 is 29.7 Å². The molecule has 0 radical (unpaired) electrons. The second-order valence-corrected chi connectivity index (χ2v) is 4.78. The summed E-state index contributed by atoms with van der Waals surface area (Å²) in [5, 5.41) is 29.0. The number of carbonyl (C=O) groups excluding carboxylic acids is 3. The van der Waals surface area contributed by atoms with Gasteiger partial charge in [0.05, 0.1) is 0 Å². The molecule has 0 bridgehead atoms. The number of carboxylic acid groups (broad SMARTS) is 3. The topological polar surface area (TPSA) is 120 Å². The van der Waals surface area contributed by atoms with E-state index in [2.05, 4.69) is 0 Å². The maximum Gasteiger partial charge on any atom is 3.00 e. The normalized spacial score (nSPS) is 19.6. The number of rotatable bonds is 3. The van der Waals surface area contributed by atoms with Crippen LogP contribution in [0.1, 0.15) is 38.5 Å². The third kappa shape index (κ3) is 9.81. The van der Waals surface area contributed by atoms with Gasteiger partial charge >= 0.3 is 25.8 Å². The number of hydrogen-bond donors (Lipinski definition) is 0. The Balaban J connectivity index is 0.000000249. The fraction of sp³-hybridized carbons (Fsp3) is 0.750. The van der Waals surface area contributed by atoms with Crippen LogP contribution in [0.2, 0.25) is 0 Å². The SMILES string of the molecule is O=C([O-])C1CC1.O=C([O-])C1CC1.O=C([O-])C1CC1.[In+3]. The number of aliphatic carboxylic acids is 3. The maximum atomic E-state index is 9.65. The van der Waals surface area contributed by atoms with Gasteiger partial charge in [0.2, 0.25) is 0 Å². The summed E-state index contributed by atoms with van der Waals surface area (Å²) < 4.78 is 0. The van der Waals surface area contributed by atoms with E-state index in [0.29, 0.717) is 0 Å². The van der Waals surface area contributed by atoms with E-state index in [1.807, 2.05) is 0 Å². The van der Waals surface area contributed by atoms with E-state index in [1.54, 1.807) is 0 Å². The average Bonchev–Trinajstić information content (AvgIpc) is 3.22. The second-order valence-electron chi connectivity index (χ2n) is 4.78. The minimum atomic E-state index is -0.880. The second kappa shape index (κ2) is 8.45. The van der Waals surface area contributed by atoms with E-state index in [0.717, 1.165) is 38.5 Å². The Kier molecular flexibility index (Phi) is 8.13. The van der Waals surface area contributed by atoms with Crippen molar-refractivity contribution >= 4 is 43.8 Å². The quantitative estimate of drug-likeness (QED) is 0.524. The van der Waals surface area contributed by atoms with Gasteiger partial charge in [-0.05, 0) is 56.3 Å². The third-order valence-electron chi connectivity index (χ3n) is 2.73. The van der Waals surface area contributed by atoms with E-state index in [1.165, 1.54) is 0 Å². The fourth-order valence-corrected chi connectivity index (χ4v) is 0.957. The molecule has 0 amide bonds. The van der Waals surface area contributed by atoms with Crippen LogP contribution >= 0.6 is 0 Å². The first-order valence-corrected chi connectivity index (χ1v) is 6.04. The first-order chi connectivity index (χ1) is 8.41. The molecule has 0 aromatic rings. The molecule has 0 aromatic heterocycles. The van der Waals surface area contributed by atoms with E-state index in [-0.39, 0.29) is 43.6 Å². The van der Waals surface area contributed by atoms with E-state index >= 15 is 0 Å². The summed E-state index contributed by atoms with van der Waals surface area (Å²) in [5.74, 6) is -2.92. The van der Waals surface area contributed by atoms with Gasteiger partial charge in [0.1, 0.15) is 0 Å². The van der Waals surface area contributed by atoms with Crippen LogP contribution in [0.25, 0.3) is 0 Å². The zero-order chi connectivity index (χ0) is 13.7. The predicted molar refractivity (Wildman–Crippen MR) is 58.9 cm³/mol. The molecule has 6 nitrogen and oxygen atoms in total. The number of hydrogen-bond acceptors (Lipinski definition) is 6. The van der Waals surface area contributed by atoms with Gasteiger partial charge in [0, 0.05) is 17.9 Å². The van der Waals surface area contributed by atoms with Gasteiger partial charge in [-0.15, -0.1) is 0 Å². The van der Waals surface area contributed by atoms with Crippen LogP contribution in [0, 0.1) is 17.8 Å². The van der Waals surface area contributed by atoms with Crippen LogP contribution in [-0.4, -0.2) is 43.8 Å². The minimum absolute atomic E-state index is 0. The van der Waals surface area contributed by atoms with Crippen LogP contribution in [0.4, 0.5) is 0 Å². The van der Waals surface area contributed by atoms with Crippen LogP contribution < -0.4 is 15.3 Å². The van der Waals surface area contributed by atoms with Crippen LogP contribution in [-0.2, 0) is 14.4 Å². The van der Waals surface area contributed by atoms with Gasteiger partial charge in [0.25, 0.3) is 0 Å². The molecule has 0 aromatic carbocycles. The molecule has 0 N–H and O–H groups in total. The molecule has 0 spiro atoms. The van der Waals surface area contributed by atoms with Gasteiger partial charge in [-0.2, -0.15) is 0 Å². The van der Waals surface area contributed by atoms with E-state index in [4.69, 9.17) is 0 Å². The molecule has 19 heavy (non-hydrogen) atoms. The molecular formula is C12H15InO6. The molecule has 7 heteroatoms. The monoisotopic (exact) mass is 370 g/mol. The molecule has 0 unspecified atom stereocenters. The van der Waals surface area contributed by atoms with Crippen molar-refractivity contribution in [3.05, 3.63) is 0 Å². The predicted octanol–water partition coefficient (Wildman–Crippen LogP) is -2.94. The summed E-state index contributed by atoms with van der Waals surface area (Å²) in [4.78, 5) is 29.0. The molecule has 3 saturated carbocycles. The molecule has 3 rings (SSSR count). The summed E-state index contributed by atoms with van der Waals surface area (Å²) in [6, 6.07) is 0. The first-order valence-electron chi connectivity index (χ1n) is 6.04. The van der Waals surface area contributed by atoms with Crippen LogP contribution in [0.15, 0.2) is 0 Å². The molecule has 0 atom stereocenters. The fourth-order valence-electron chi connectivity index (χ4n) is 0.957. The standard InChI is InChI=1S/3C4H6O2.In/c3*5-4(6)3-1-2-3;/h3*3H,1-2H2,(H,5,6);/q;;;+3/p-3. The third-order valence-corrected chi connectivity index (χ3v) is 2.73. The number of carbonyl (C=O) groups is 3. The minimum Gasteiger partial charge on any atom is -0.550 e. The van der Waals surface area contributed by atoms with Crippen LogP contribution in [0.5, 0.6) is 0 Å². The van der Waals surface area contributed by atoms with Crippen molar-refractivity contribution in [2.24, 2.45) is 17.8 Å². The van der Waals surface area contributed by atoms with Gasteiger partial charge in [0.15, 0.2) is 0 Å². The molecule has 0 heterocycles. The Bertz CT molecular complexity index is 279. The molecular weight excluding hydrogens is 355 g/mol. The molecule has 3 aliphatic carbocycles. The van der Waals surface area contributed by atoms with Crippen molar-refractivity contribution in [1.82, 2.24) is 0 Å². The smallest absolute Gasteiger partial charge is 0.550 e. The average molecular weight is 370 g/mol. The Morgan fingerprint density at radius 1 is 0.579 bits per heavy atom. The van der Waals surface area contributed by atoms with Gasteiger partial charge in [-0.3, -0.25) is 0 Å². The van der Waals surface area contributed by atoms with Gasteiger partial charge in [-0.1, -0.05) is 0 Å². The Morgan fingerprint density at radius 3 is 0.737 bits per heavy atom. The summed E-state index contributed by atoms with van der Waals surface area (Å²) in [6.07, 6.45) is 5.01. The van der Waals surface area contributed by atoms with Crippen molar-refractivity contribution in [1.29, 1.82) is 0 Å². The molecule has 0 saturated heterocycles. The number of carboxylic acids is 3. The van der Waals surface area contributed by atoms with Gasteiger partial charge in [-0.25, -0.2) is 0 Å². The Morgan fingerprint density at radius 2 is 0.737 bits per heavy atom. The van der Waals surface area contributed by atoms with E-state index in [9.17, 15) is 29.7 Å². The van der Waals surface area contributed by atoms with Crippen molar-refractivity contribution in [2.75, 3.05) is 0 Å². The molecule has 3 aliphatic rings. The van der Waals surface area contributed by atoms with Crippen molar-refractivity contribution in [2.45, 2.75) is 38.5 Å². The van der Waals surface area contributed by atoms with E-state index < -0.39 is 17.9 Å². The Labute approximate surface area is 130 Å². The zero-order valence-corrected chi connectivity index (χ0v) is 13.8. The summed E-state index contributed by atoms with van der Waals surface area (Å²) in [7, 11) is 0. The van der Waals surface area contributed by atoms with Gasteiger partial charge < -0.3 is 29.7 Å². The molecule has 102 valence electrons. The summed E-state index contributed by atoms with van der Waals surface area (Å²) in [6.45, 7) is 0. The summed E-state index contributed by atoms with van der Waals surface area (Å²) >= 11 is 0. The largest absolute Gasteiger partial charge is 3.00 e.